The lowest BCUT2D eigenvalue weighted by molar-refractivity contribution is -0.0551. The van der Waals surface area contributed by atoms with Crippen LogP contribution < -0.4 is 5.32 Å². The molecule has 0 aliphatic carbocycles. The summed E-state index contributed by atoms with van der Waals surface area (Å²) < 4.78 is 5.73. The highest BCUT2D eigenvalue weighted by Gasteiger charge is 2.24. The van der Waals surface area contributed by atoms with Gasteiger partial charge in [-0.1, -0.05) is 6.92 Å². The van der Waals surface area contributed by atoms with E-state index < -0.39 is 0 Å². The van der Waals surface area contributed by atoms with E-state index in [2.05, 4.69) is 42.4 Å². The average Bonchev–Trinajstić information content (AvgIpc) is 2.80. The van der Waals surface area contributed by atoms with Crippen molar-refractivity contribution in [3.8, 4) is 0 Å². The van der Waals surface area contributed by atoms with E-state index >= 15 is 0 Å². The molecule has 1 saturated heterocycles. The van der Waals surface area contributed by atoms with Crippen molar-refractivity contribution in [1.82, 2.24) is 10.2 Å². The molecule has 0 amide bonds. The molecule has 1 fully saturated rings. The molecule has 0 saturated carbocycles. The average molecular weight is 282 g/mol. The molecule has 1 aromatic rings. The summed E-state index contributed by atoms with van der Waals surface area (Å²) in [6.45, 7) is 11.7. The molecule has 108 valence electrons. The molecule has 1 aliphatic rings. The van der Waals surface area contributed by atoms with Crippen LogP contribution in [0.4, 0.5) is 0 Å². The summed E-state index contributed by atoms with van der Waals surface area (Å²) in [7, 11) is 0. The van der Waals surface area contributed by atoms with Gasteiger partial charge in [-0.25, -0.2) is 0 Å². The van der Waals surface area contributed by atoms with Crippen LogP contribution in [0.15, 0.2) is 11.4 Å². The number of morpholine rings is 1. The number of rotatable bonds is 6. The first kappa shape index (κ1) is 15.0. The molecule has 2 atom stereocenters. The molecule has 2 rings (SSSR count). The quantitative estimate of drug-likeness (QED) is 0.812. The highest BCUT2D eigenvalue weighted by Crippen LogP contribution is 2.15. The van der Waals surface area contributed by atoms with Crippen molar-refractivity contribution in [2.75, 3.05) is 26.2 Å². The summed E-state index contributed by atoms with van der Waals surface area (Å²) in [6, 6.07) is 2.79. The van der Waals surface area contributed by atoms with Gasteiger partial charge in [-0.15, -0.1) is 11.3 Å². The van der Waals surface area contributed by atoms with Crippen molar-refractivity contribution < 1.29 is 4.74 Å². The van der Waals surface area contributed by atoms with Crippen LogP contribution in [0.3, 0.4) is 0 Å². The molecule has 1 N–H and O–H groups in total. The Labute approximate surface area is 121 Å². The number of hydrogen-bond acceptors (Lipinski definition) is 4. The molecule has 3 nitrogen and oxygen atoms in total. The van der Waals surface area contributed by atoms with Gasteiger partial charge in [-0.3, -0.25) is 4.90 Å². The van der Waals surface area contributed by atoms with Crippen LogP contribution in [0.1, 0.15) is 30.7 Å². The van der Waals surface area contributed by atoms with Crippen LogP contribution in [-0.2, 0) is 11.3 Å². The second kappa shape index (κ2) is 7.39. The normalized spacial score (nSPS) is 24.8. The van der Waals surface area contributed by atoms with E-state index in [0.717, 1.165) is 32.8 Å². The minimum Gasteiger partial charge on any atom is -0.376 e. The number of thiophene rings is 1. The molecule has 1 aromatic heterocycles. The summed E-state index contributed by atoms with van der Waals surface area (Å²) in [5.74, 6) is 0. The Balaban J connectivity index is 1.70. The van der Waals surface area contributed by atoms with Crippen LogP contribution in [-0.4, -0.2) is 43.3 Å². The van der Waals surface area contributed by atoms with Gasteiger partial charge in [0.05, 0.1) is 12.7 Å². The van der Waals surface area contributed by atoms with Crippen LogP contribution in [0.25, 0.3) is 0 Å². The lowest BCUT2D eigenvalue weighted by Gasteiger charge is -2.38. The Hall–Kier alpha value is -0.420. The third-order valence-electron chi connectivity index (χ3n) is 3.88. The second-order valence-corrected chi connectivity index (χ2v) is 6.41. The molecular weight excluding hydrogens is 256 g/mol. The zero-order valence-corrected chi connectivity index (χ0v) is 13.1. The maximum Gasteiger partial charge on any atom is 0.0674 e. The van der Waals surface area contributed by atoms with Crippen LogP contribution >= 0.6 is 11.3 Å². The highest BCUT2D eigenvalue weighted by atomic mass is 32.1. The molecule has 19 heavy (non-hydrogen) atoms. The van der Waals surface area contributed by atoms with Crippen molar-refractivity contribution in [3.63, 3.8) is 0 Å². The molecule has 2 heterocycles. The van der Waals surface area contributed by atoms with Crippen molar-refractivity contribution in [2.24, 2.45) is 0 Å². The Kier molecular flexibility index (Phi) is 5.82. The van der Waals surface area contributed by atoms with Gasteiger partial charge in [-0.2, -0.15) is 0 Å². The first-order chi connectivity index (χ1) is 9.20. The maximum absolute atomic E-state index is 5.73. The van der Waals surface area contributed by atoms with E-state index in [0.29, 0.717) is 12.1 Å². The number of nitrogens with one attached hydrogen (secondary N) is 1. The first-order valence-electron chi connectivity index (χ1n) is 7.30. The van der Waals surface area contributed by atoms with Gasteiger partial charge in [0.25, 0.3) is 0 Å². The van der Waals surface area contributed by atoms with E-state index in [1.807, 2.05) is 11.3 Å². The summed E-state index contributed by atoms with van der Waals surface area (Å²) in [4.78, 5) is 4.03. The fourth-order valence-electron chi connectivity index (χ4n) is 2.57. The molecule has 2 unspecified atom stereocenters. The fourth-order valence-corrected chi connectivity index (χ4v) is 3.45. The molecule has 0 radical (unpaired) electrons. The second-order valence-electron chi connectivity index (χ2n) is 5.40. The number of hydrogen-bond donors (Lipinski definition) is 1. The van der Waals surface area contributed by atoms with Gasteiger partial charge in [0, 0.05) is 37.1 Å². The van der Waals surface area contributed by atoms with Crippen molar-refractivity contribution in [1.29, 1.82) is 0 Å². The molecule has 0 spiro atoms. The molecule has 0 aromatic carbocycles. The monoisotopic (exact) mass is 282 g/mol. The van der Waals surface area contributed by atoms with Gasteiger partial charge in [0.2, 0.25) is 0 Å². The number of aryl methyl sites for hydroxylation is 1. The van der Waals surface area contributed by atoms with Crippen molar-refractivity contribution in [3.05, 3.63) is 21.9 Å². The Morgan fingerprint density at radius 1 is 1.53 bits per heavy atom. The molecule has 4 heteroatoms. The third-order valence-corrected chi connectivity index (χ3v) is 4.90. The minimum absolute atomic E-state index is 0.377. The van der Waals surface area contributed by atoms with E-state index in [-0.39, 0.29) is 0 Å². The Morgan fingerprint density at radius 2 is 2.37 bits per heavy atom. The zero-order valence-electron chi connectivity index (χ0n) is 12.3. The molecule has 1 aliphatic heterocycles. The highest BCUT2D eigenvalue weighted by molar-refractivity contribution is 7.10. The van der Waals surface area contributed by atoms with Gasteiger partial charge in [0.1, 0.15) is 0 Å². The van der Waals surface area contributed by atoms with Gasteiger partial charge in [0.15, 0.2) is 0 Å². The molecular formula is C15H26N2OS. The SMILES string of the molecule is CCC1COC(C)CN1CCNCc1sccc1C. The Morgan fingerprint density at radius 3 is 3.05 bits per heavy atom. The van der Waals surface area contributed by atoms with Gasteiger partial charge < -0.3 is 10.1 Å². The standard InChI is InChI=1S/C15H26N2OS/c1-4-14-11-18-13(3)10-17(14)7-6-16-9-15-12(2)5-8-19-15/h5,8,13-14,16H,4,6-7,9-11H2,1-3H3. The predicted octanol–water partition coefficient (Wildman–Crippen LogP) is 2.65. The topological polar surface area (TPSA) is 24.5 Å². The van der Waals surface area contributed by atoms with Gasteiger partial charge >= 0.3 is 0 Å². The van der Waals surface area contributed by atoms with E-state index in [1.54, 1.807) is 0 Å². The minimum atomic E-state index is 0.377. The zero-order chi connectivity index (χ0) is 13.7. The first-order valence-corrected chi connectivity index (χ1v) is 8.18. The third kappa shape index (κ3) is 4.28. The summed E-state index contributed by atoms with van der Waals surface area (Å²) in [6.07, 6.45) is 1.55. The Bertz CT molecular complexity index is 380. The van der Waals surface area contributed by atoms with E-state index in [9.17, 15) is 0 Å². The predicted molar refractivity (Wildman–Crippen MR) is 81.8 cm³/mol. The summed E-state index contributed by atoms with van der Waals surface area (Å²) >= 11 is 1.84. The molecule has 0 bridgehead atoms. The van der Waals surface area contributed by atoms with Gasteiger partial charge in [-0.05, 0) is 37.3 Å². The summed E-state index contributed by atoms with van der Waals surface area (Å²) in [5, 5.41) is 5.73. The smallest absolute Gasteiger partial charge is 0.0674 e. The van der Waals surface area contributed by atoms with Crippen molar-refractivity contribution >= 4 is 11.3 Å². The lowest BCUT2D eigenvalue weighted by atomic mass is 10.1. The number of nitrogens with zero attached hydrogens (tertiary/aromatic N) is 1. The summed E-state index contributed by atoms with van der Waals surface area (Å²) in [5.41, 5.74) is 1.41. The van der Waals surface area contributed by atoms with E-state index in [1.165, 1.54) is 16.9 Å². The lowest BCUT2D eigenvalue weighted by Crippen LogP contribution is -2.50. The largest absolute Gasteiger partial charge is 0.376 e. The van der Waals surface area contributed by atoms with Crippen LogP contribution in [0.2, 0.25) is 0 Å². The van der Waals surface area contributed by atoms with E-state index in [4.69, 9.17) is 4.74 Å². The van der Waals surface area contributed by atoms with Crippen LogP contribution in [0, 0.1) is 6.92 Å². The fraction of sp³-hybridized carbons (Fsp3) is 0.733. The maximum atomic E-state index is 5.73. The van der Waals surface area contributed by atoms with Crippen molar-refractivity contribution in [2.45, 2.75) is 45.9 Å². The number of ether oxygens (including phenoxy) is 1. The van der Waals surface area contributed by atoms with Crippen LogP contribution in [0.5, 0.6) is 0 Å².